The predicted octanol–water partition coefficient (Wildman–Crippen LogP) is 6.57. The van der Waals surface area contributed by atoms with E-state index in [0.29, 0.717) is 36.4 Å². The van der Waals surface area contributed by atoms with E-state index >= 15 is 0 Å². The fraction of sp³-hybridized carbons (Fsp3) is 0.200. The van der Waals surface area contributed by atoms with Crippen LogP contribution >= 0.6 is 11.3 Å². The molecule has 0 spiro atoms. The van der Waals surface area contributed by atoms with E-state index < -0.39 is 17.7 Å². The average Bonchev–Trinajstić information content (AvgIpc) is 3.51. The van der Waals surface area contributed by atoms with E-state index in [4.69, 9.17) is 0 Å². The normalized spacial score (nSPS) is 19.0. The number of nitriles is 1. The van der Waals surface area contributed by atoms with E-state index in [1.165, 1.54) is 28.4 Å². The molecule has 0 fully saturated rings. The number of nitrogens with zero attached hydrogens (tertiary/aromatic N) is 3. The van der Waals surface area contributed by atoms with Crippen LogP contribution in [0.25, 0.3) is 5.82 Å². The van der Waals surface area contributed by atoms with Gasteiger partial charge in [-0.3, -0.25) is 9.69 Å². The number of aromatic nitrogens is 1. The Morgan fingerprint density at radius 2 is 1.79 bits per heavy atom. The lowest BCUT2D eigenvalue weighted by Gasteiger charge is -2.41. The second-order valence-corrected chi connectivity index (χ2v) is 8.85. The molecule has 3 heterocycles. The van der Waals surface area contributed by atoms with Crippen molar-refractivity contribution >= 4 is 28.6 Å². The Balaban J connectivity index is 1.88. The number of anilines is 1. The molecule has 2 aromatic heterocycles. The molecular weight excluding hydrogens is 447 g/mol. The summed E-state index contributed by atoms with van der Waals surface area (Å²) in [7, 11) is 0. The number of carbonyl (C=O) groups excluding carboxylic acids is 1. The zero-order valence-corrected chi connectivity index (χ0v) is 18.2. The summed E-state index contributed by atoms with van der Waals surface area (Å²) in [4.78, 5) is 15.5. The number of thiophene rings is 1. The topological polar surface area (TPSA) is 49.0 Å². The molecule has 3 aromatic rings. The number of hydrogen-bond donors (Lipinski definition) is 0. The number of halogens is 3. The molecule has 0 bridgehead atoms. The van der Waals surface area contributed by atoms with Crippen LogP contribution in [0.3, 0.4) is 0 Å². The van der Waals surface area contributed by atoms with Gasteiger partial charge in [0.05, 0.1) is 28.8 Å². The standard InChI is InChI=1S/C25H18F3N3OS/c26-25(27,28)17-7-1-2-8-18(17)31-19-9-5-10-20(32)23(19)22(21-11-6-14-33-21)16(15-29)24(31)30-12-3-4-13-30/h1-4,6-8,11-14,22H,5,9-10H2. The highest BCUT2D eigenvalue weighted by atomic mass is 32.1. The van der Waals surface area contributed by atoms with Gasteiger partial charge in [0.25, 0.3) is 0 Å². The summed E-state index contributed by atoms with van der Waals surface area (Å²) in [5.41, 5.74) is 0.302. The molecule has 1 atom stereocenters. The zero-order chi connectivity index (χ0) is 23.2. The largest absolute Gasteiger partial charge is 0.418 e. The maximum Gasteiger partial charge on any atom is 0.418 e. The molecule has 0 saturated carbocycles. The monoisotopic (exact) mass is 465 g/mol. The van der Waals surface area contributed by atoms with Crippen molar-refractivity contribution in [2.24, 2.45) is 0 Å². The van der Waals surface area contributed by atoms with Crippen molar-refractivity contribution < 1.29 is 18.0 Å². The van der Waals surface area contributed by atoms with E-state index in [1.807, 2.05) is 17.5 Å². The van der Waals surface area contributed by atoms with Crippen molar-refractivity contribution in [3.05, 3.63) is 93.6 Å². The summed E-state index contributed by atoms with van der Waals surface area (Å²) in [6, 6.07) is 14.8. The van der Waals surface area contributed by atoms with Gasteiger partial charge in [-0.2, -0.15) is 18.4 Å². The van der Waals surface area contributed by atoms with Crippen molar-refractivity contribution in [1.29, 1.82) is 5.26 Å². The smallest absolute Gasteiger partial charge is 0.309 e. The lowest BCUT2D eigenvalue weighted by atomic mass is 9.78. The molecule has 0 N–H and O–H groups in total. The van der Waals surface area contributed by atoms with Gasteiger partial charge in [-0.05, 0) is 48.6 Å². The third kappa shape index (κ3) is 3.49. The van der Waals surface area contributed by atoms with Gasteiger partial charge in [-0.15, -0.1) is 11.3 Å². The van der Waals surface area contributed by atoms with Crippen LogP contribution in [-0.4, -0.2) is 10.4 Å². The van der Waals surface area contributed by atoms with Gasteiger partial charge in [0, 0.05) is 35.0 Å². The summed E-state index contributed by atoms with van der Waals surface area (Å²) < 4.78 is 43.8. The maximum atomic E-state index is 14.1. The minimum atomic E-state index is -4.60. The Morgan fingerprint density at radius 3 is 2.45 bits per heavy atom. The molecule has 1 aliphatic carbocycles. The fourth-order valence-electron chi connectivity index (χ4n) is 4.68. The number of ketones is 1. The number of rotatable bonds is 3. The molecule has 4 nitrogen and oxygen atoms in total. The number of carbonyl (C=O) groups is 1. The van der Waals surface area contributed by atoms with E-state index in [-0.39, 0.29) is 17.0 Å². The van der Waals surface area contributed by atoms with E-state index in [9.17, 15) is 23.2 Å². The molecule has 2 aliphatic rings. The van der Waals surface area contributed by atoms with Gasteiger partial charge in [-0.25, -0.2) is 0 Å². The molecule has 0 amide bonds. The van der Waals surface area contributed by atoms with Gasteiger partial charge < -0.3 is 4.57 Å². The Morgan fingerprint density at radius 1 is 1.03 bits per heavy atom. The van der Waals surface area contributed by atoms with Crippen LogP contribution in [0.4, 0.5) is 18.9 Å². The molecular formula is C25H18F3N3OS. The summed E-state index contributed by atoms with van der Waals surface area (Å²) in [6.45, 7) is 0. The Bertz CT molecular complexity index is 1310. The van der Waals surface area contributed by atoms with E-state index in [1.54, 1.807) is 35.2 Å². The first kappa shape index (κ1) is 21.3. The predicted molar refractivity (Wildman–Crippen MR) is 120 cm³/mol. The molecule has 166 valence electrons. The lowest BCUT2D eigenvalue weighted by Crippen LogP contribution is -2.37. The first-order valence-electron chi connectivity index (χ1n) is 10.5. The fourth-order valence-corrected chi connectivity index (χ4v) is 5.52. The summed E-state index contributed by atoms with van der Waals surface area (Å²) in [5.74, 6) is -0.404. The molecule has 1 aliphatic heterocycles. The molecule has 1 aromatic carbocycles. The van der Waals surface area contributed by atoms with Crippen LogP contribution in [-0.2, 0) is 11.0 Å². The van der Waals surface area contributed by atoms with Gasteiger partial charge in [0.2, 0.25) is 0 Å². The molecule has 0 saturated heterocycles. The average molecular weight is 466 g/mol. The van der Waals surface area contributed by atoms with Gasteiger partial charge in [0.1, 0.15) is 5.82 Å². The van der Waals surface area contributed by atoms with Crippen LogP contribution in [0.2, 0.25) is 0 Å². The number of allylic oxidation sites excluding steroid dienone is 3. The van der Waals surface area contributed by atoms with E-state index in [2.05, 4.69) is 6.07 Å². The third-order valence-electron chi connectivity index (χ3n) is 5.98. The maximum absolute atomic E-state index is 14.1. The van der Waals surface area contributed by atoms with Crippen LogP contribution in [0.1, 0.15) is 35.6 Å². The lowest BCUT2D eigenvalue weighted by molar-refractivity contribution is -0.137. The SMILES string of the molecule is N#CC1=C(n2cccc2)N(c2ccccc2C(F)(F)F)C2=C(C(=O)CCC2)C1c1cccs1. The van der Waals surface area contributed by atoms with Crippen LogP contribution in [0.5, 0.6) is 0 Å². The van der Waals surface area contributed by atoms with Crippen molar-refractivity contribution in [3.8, 4) is 6.07 Å². The summed E-state index contributed by atoms with van der Waals surface area (Å²) >= 11 is 1.43. The van der Waals surface area contributed by atoms with Crippen molar-refractivity contribution in [3.63, 3.8) is 0 Å². The number of benzene rings is 1. The summed E-state index contributed by atoms with van der Waals surface area (Å²) in [5, 5.41) is 12.2. The van der Waals surface area contributed by atoms with Crippen molar-refractivity contribution in [2.45, 2.75) is 31.4 Å². The minimum Gasteiger partial charge on any atom is -0.309 e. The molecule has 5 rings (SSSR count). The first-order chi connectivity index (χ1) is 15.9. The second-order valence-electron chi connectivity index (χ2n) is 7.88. The van der Waals surface area contributed by atoms with Crippen molar-refractivity contribution in [1.82, 2.24) is 4.57 Å². The molecule has 1 unspecified atom stereocenters. The van der Waals surface area contributed by atoms with Gasteiger partial charge in [0.15, 0.2) is 5.78 Å². The number of para-hydroxylation sites is 1. The second kappa shape index (κ2) is 8.09. The number of hydrogen-bond acceptors (Lipinski definition) is 4. The molecule has 33 heavy (non-hydrogen) atoms. The Hall–Kier alpha value is -3.57. The van der Waals surface area contributed by atoms with Crippen LogP contribution in [0.15, 0.2) is 83.1 Å². The first-order valence-corrected chi connectivity index (χ1v) is 11.3. The highest BCUT2D eigenvalue weighted by Gasteiger charge is 2.44. The van der Waals surface area contributed by atoms with Crippen LogP contribution in [0, 0.1) is 11.3 Å². The third-order valence-corrected chi connectivity index (χ3v) is 6.91. The number of Topliss-reactive ketones (excluding diaryl/α,β-unsaturated/α-hetero) is 1. The Labute approximate surface area is 192 Å². The minimum absolute atomic E-state index is 0.0896. The van der Waals surface area contributed by atoms with E-state index in [0.717, 1.165) is 10.9 Å². The number of alkyl halides is 3. The van der Waals surface area contributed by atoms with Gasteiger partial charge in [-0.1, -0.05) is 18.2 Å². The highest BCUT2D eigenvalue weighted by Crippen LogP contribution is 2.51. The Kier molecular flexibility index (Phi) is 5.22. The molecule has 8 heteroatoms. The quantitative estimate of drug-likeness (QED) is 0.440. The van der Waals surface area contributed by atoms with Crippen LogP contribution < -0.4 is 4.90 Å². The zero-order valence-electron chi connectivity index (χ0n) is 17.3. The van der Waals surface area contributed by atoms with Crippen molar-refractivity contribution in [2.75, 3.05) is 4.90 Å². The molecule has 0 radical (unpaired) electrons. The summed E-state index contributed by atoms with van der Waals surface area (Å²) in [6.07, 6.45) is 0.107. The highest BCUT2D eigenvalue weighted by molar-refractivity contribution is 7.10. The van der Waals surface area contributed by atoms with Gasteiger partial charge >= 0.3 is 6.18 Å².